The Morgan fingerprint density at radius 2 is 2.10 bits per heavy atom. The highest BCUT2D eigenvalue weighted by molar-refractivity contribution is 5.08. The van der Waals surface area contributed by atoms with Crippen LogP contribution in [0.1, 0.15) is 27.2 Å². The maximum atomic E-state index is 3.57. The van der Waals surface area contributed by atoms with E-state index < -0.39 is 0 Å². The molecule has 2 aliphatic rings. The molecule has 58 valence electrons. The van der Waals surface area contributed by atoms with E-state index in [0.717, 1.165) is 29.8 Å². The fourth-order valence-electron chi connectivity index (χ4n) is 2.49. The van der Waals surface area contributed by atoms with Crippen molar-refractivity contribution < 1.29 is 0 Å². The van der Waals surface area contributed by atoms with Crippen molar-refractivity contribution >= 4 is 0 Å². The second-order valence-corrected chi connectivity index (χ2v) is 4.29. The van der Waals surface area contributed by atoms with Gasteiger partial charge in [-0.25, -0.2) is 0 Å². The molecule has 1 nitrogen and oxygen atoms in total. The van der Waals surface area contributed by atoms with Gasteiger partial charge in [-0.2, -0.15) is 0 Å². The van der Waals surface area contributed by atoms with Gasteiger partial charge in [0.1, 0.15) is 0 Å². The summed E-state index contributed by atoms with van der Waals surface area (Å²) in [5.74, 6) is 2.91. The monoisotopic (exact) mass is 139 g/mol. The molecule has 1 N–H and O–H groups in total. The zero-order valence-corrected chi connectivity index (χ0v) is 7.09. The predicted molar refractivity (Wildman–Crippen MR) is 42.8 cm³/mol. The average molecular weight is 139 g/mol. The van der Waals surface area contributed by atoms with Crippen LogP contribution in [0.4, 0.5) is 0 Å². The van der Waals surface area contributed by atoms with Gasteiger partial charge in [-0.1, -0.05) is 13.8 Å². The van der Waals surface area contributed by atoms with Crippen LogP contribution in [0.5, 0.6) is 0 Å². The molecule has 1 heterocycles. The Hall–Kier alpha value is -0.0400. The number of fused-ring (bicyclic) bond motifs is 1. The summed E-state index contributed by atoms with van der Waals surface area (Å²) in [5, 5.41) is 3.57. The van der Waals surface area contributed by atoms with Crippen LogP contribution >= 0.6 is 0 Å². The molecule has 0 spiro atoms. The molecule has 0 radical (unpaired) electrons. The SMILES string of the molecule is CC(C)C1CC2C(C)NC12. The van der Waals surface area contributed by atoms with E-state index in [2.05, 4.69) is 26.1 Å². The highest BCUT2D eigenvalue weighted by Crippen LogP contribution is 2.46. The van der Waals surface area contributed by atoms with E-state index in [9.17, 15) is 0 Å². The van der Waals surface area contributed by atoms with E-state index in [1.807, 2.05) is 0 Å². The molecule has 1 saturated carbocycles. The molecule has 4 unspecified atom stereocenters. The predicted octanol–water partition coefficient (Wildman–Crippen LogP) is 1.64. The minimum absolute atomic E-state index is 0.819. The van der Waals surface area contributed by atoms with Crippen molar-refractivity contribution in [3.8, 4) is 0 Å². The summed E-state index contributed by atoms with van der Waals surface area (Å²) in [4.78, 5) is 0. The molecule has 0 aromatic rings. The van der Waals surface area contributed by atoms with Crippen LogP contribution in [0.3, 0.4) is 0 Å². The van der Waals surface area contributed by atoms with Gasteiger partial charge in [-0.05, 0) is 31.1 Å². The lowest BCUT2D eigenvalue weighted by Crippen LogP contribution is -2.71. The second-order valence-electron chi connectivity index (χ2n) is 4.29. The second kappa shape index (κ2) is 1.97. The summed E-state index contributed by atoms with van der Waals surface area (Å²) in [6.45, 7) is 6.98. The molecule has 0 aromatic carbocycles. The summed E-state index contributed by atoms with van der Waals surface area (Å²) in [6, 6.07) is 1.72. The lowest BCUT2D eigenvalue weighted by atomic mass is 9.57. The number of rotatable bonds is 1. The van der Waals surface area contributed by atoms with E-state index >= 15 is 0 Å². The van der Waals surface area contributed by atoms with Gasteiger partial charge in [-0.3, -0.25) is 0 Å². The molecular weight excluding hydrogens is 122 g/mol. The fourth-order valence-corrected chi connectivity index (χ4v) is 2.49. The number of hydrogen-bond donors (Lipinski definition) is 1. The molecule has 4 atom stereocenters. The Morgan fingerprint density at radius 1 is 1.40 bits per heavy atom. The van der Waals surface area contributed by atoms with Gasteiger partial charge in [0.15, 0.2) is 0 Å². The van der Waals surface area contributed by atoms with Crippen molar-refractivity contribution in [2.45, 2.75) is 39.3 Å². The summed E-state index contributed by atoms with van der Waals surface area (Å²) >= 11 is 0. The third kappa shape index (κ3) is 0.672. The molecule has 0 aromatic heterocycles. The maximum absolute atomic E-state index is 3.57. The first-order valence-electron chi connectivity index (χ1n) is 4.46. The average Bonchev–Trinajstić information content (AvgIpc) is 1.81. The molecule has 10 heavy (non-hydrogen) atoms. The molecule has 1 aliphatic heterocycles. The van der Waals surface area contributed by atoms with Crippen LogP contribution < -0.4 is 5.32 Å². The summed E-state index contributed by atoms with van der Waals surface area (Å²) in [7, 11) is 0. The van der Waals surface area contributed by atoms with Crippen LogP contribution in [0.15, 0.2) is 0 Å². The first-order valence-corrected chi connectivity index (χ1v) is 4.46. The standard InChI is InChI=1S/C9H17N/c1-5(2)7-4-8-6(3)10-9(7)8/h5-10H,4H2,1-3H3. The molecular formula is C9H17N. The number of hydrogen-bond acceptors (Lipinski definition) is 1. The Balaban J connectivity index is 1.89. The molecule has 1 saturated heterocycles. The summed E-state index contributed by atoms with van der Waals surface area (Å²) in [5.41, 5.74) is 0. The highest BCUT2D eigenvalue weighted by atomic mass is 15.1. The first kappa shape index (κ1) is 6.66. The van der Waals surface area contributed by atoms with Crippen molar-refractivity contribution in [2.75, 3.05) is 0 Å². The highest BCUT2D eigenvalue weighted by Gasteiger charge is 2.52. The quantitative estimate of drug-likeness (QED) is 0.582. The lowest BCUT2D eigenvalue weighted by molar-refractivity contribution is -0.0389. The van der Waals surface area contributed by atoms with Gasteiger partial charge < -0.3 is 5.32 Å². The Labute approximate surface area is 63.2 Å². The Bertz CT molecular complexity index is 142. The minimum atomic E-state index is 0.819. The Kier molecular flexibility index (Phi) is 1.31. The third-order valence-corrected chi connectivity index (χ3v) is 3.42. The topological polar surface area (TPSA) is 12.0 Å². The van der Waals surface area contributed by atoms with Crippen LogP contribution in [0, 0.1) is 17.8 Å². The number of nitrogens with one attached hydrogen (secondary N) is 1. The van der Waals surface area contributed by atoms with Crippen molar-refractivity contribution in [3.05, 3.63) is 0 Å². The van der Waals surface area contributed by atoms with Crippen LogP contribution in [-0.4, -0.2) is 12.1 Å². The van der Waals surface area contributed by atoms with Crippen molar-refractivity contribution in [2.24, 2.45) is 17.8 Å². The maximum Gasteiger partial charge on any atom is 0.0144 e. The molecule has 2 rings (SSSR count). The summed E-state index contributed by atoms with van der Waals surface area (Å²) < 4.78 is 0. The van der Waals surface area contributed by atoms with E-state index in [4.69, 9.17) is 0 Å². The fraction of sp³-hybridized carbons (Fsp3) is 1.00. The molecule has 1 heteroatoms. The van der Waals surface area contributed by atoms with Crippen LogP contribution in [0.25, 0.3) is 0 Å². The van der Waals surface area contributed by atoms with E-state index in [-0.39, 0.29) is 0 Å². The largest absolute Gasteiger partial charge is 0.311 e. The van der Waals surface area contributed by atoms with Gasteiger partial charge in [0.25, 0.3) is 0 Å². The van der Waals surface area contributed by atoms with E-state index in [0.29, 0.717) is 0 Å². The van der Waals surface area contributed by atoms with Gasteiger partial charge in [-0.15, -0.1) is 0 Å². The summed E-state index contributed by atoms with van der Waals surface area (Å²) in [6.07, 6.45) is 1.48. The van der Waals surface area contributed by atoms with Gasteiger partial charge >= 0.3 is 0 Å². The van der Waals surface area contributed by atoms with Crippen molar-refractivity contribution in [3.63, 3.8) is 0 Å². The smallest absolute Gasteiger partial charge is 0.0144 e. The van der Waals surface area contributed by atoms with E-state index in [1.54, 1.807) is 0 Å². The normalized spacial score (nSPS) is 51.6. The molecule has 2 fully saturated rings. The van der Waals surface area contributed by atoms with E-state index in [1.165, 1.54) is 6.42 Å². The van der Waals surface area contributed by atoms with Crippen molar-refractivity contribution in [1.82, 2.24) is 5.32 Å². The molecule has 0 bridgehead atoms. The third-order valence-electron chi connectivity index (χ3n) is 3.42. The molecule has 0 amide bonds. The first-order chi connectivity index (χ1) is 4.70. The molecule has 1 aliphatic carbocycles. The zero-order valence-electron chi connectivity index (χ0n) is 7.09. The zero-order chi connectivity index (χ0) is 7.30. The van der Waals surface area contributed by atoms with Gasteiger partial charge in [0.05, 0.1) is 0 Å². The van der Waals surface area contributed by atoms with Crippen LogP contribution in [-0.2, 0) is 0 Å². The minimum Gasteiger partial charge on any atom is -0.311 e. The number of piperidine rings is 1. The van der Waals surface area contributed by atoms with Gasteiger partial charge in [0.2, 0.25) is 0 Å². The van der Waals surface area contributed by atoms with Gasteiger partial charge in [0, 0.05) is 12.1 Å². The van der Waals surface area contributed by atoms with Crippen LogP contribution in [0.2, 0.25) is 0 Å². The lowest BCUT2D eigenvalue weighted by Gasteiger charge is -2.59. The Morgan fingerprint density at radius 3 is 2.40 bits per heavy atom. The van der Waals surface area contributed by atoms with Crippen molar-refractivity contribution in [1.29, 1.82) is 0 Å².